The lowest BCUT2D eigenvalue weighted by Crippen LogP contribution is -2.50. The molecule has 0 aromatic carbocycles. The maximum Gasteiger partial charge on any atom is 0.272 e. The molecule has 0 saturated carbocycles. The fourth-order valence-electron chi connectivity index (χ4n) is 3.51. The lowest BCUT2D eigenvalue weighted by atomic mass is 10.2. The van der Waals surface area contributed by atoms with Crippen molar-refractivity contribution in [2.45, 2.75) is 39.5 Å². The number of carbonyl (C=O) groups is 2. The summed E-state index contributed by atoms with van der Waals surface area (Å²) >= 11 is 0. The molecule has 25 heavy (non-hydrogen) atoms. The van der Waals surface area contributed by atoms with Crippen LogP contribution < -0.4 is 4.90 Å². The van der Waals surface area contributed by atoms with Crippen LogP contribution in [-0.2, 0) is 4.79 Å². The quantitative estimate of drug-likeness (QED) is 0.812. The third-order valence-corrected chi connectivity index (χ3v) is 4.99. The summed E-state index contributed by atoms with van der Waals surface area (Å²) in [7, 11) is 0. The Bertz CT molecular complexity index is 632. The number of hydrogen-bond acceptors (Lipinski definition) is 5. The van der Waals surface area contributed by atoms with Crippen LogP contribution >= 0.6 is 0 Å². The van der Waals surface area contributed by atoms with E-state index >= 15 is 0 Å². The Hall–Kier alpha value is -2.18. The molecule has 1 aromatic heterocycles. The maximum atomic E-state index is 12.8. The molecule has 0 unspecified atom stereocenters. The van der Waals surface area contributed by atoms with Crippen molar-refractivity contribution in [2.75, 3.05) is 44.2 Å². The van der Waals surface area contributed by atoms with E-state index in [0.29, 0.717) is 37.7 Å². The molecule has 7 nitrogen and oxygen atoms in total. The summed E-state index contributed by atoms with van der Waals surface area (Å²) in [5, 5.41) is 0. The van der Waals surface area contributed by atoms with Gasteiger partial charge in [0.2, 0.25) is 5.91 Å². The summed E-state index contributed by atoms with van der Waals surface area (Å²) in [5.41, 5.74) is 0.461. The van der Waals surface area contributed by atoms with Gasteiger partial charge in [0, 0.05) is 52.3 Å². The van der Waals surface area contributed by atoms with Gasteiger partial charge in [0.05, 0.1) is 0 Å². The first-order chi connectivity index (χ1) is 12.0. The fraction of sp³-hybridized carbons (Fsp3) is 0.667. The average Bonchev–Trinajstić information content (AvgIpc) is 2.90. The summed E-state index contributed by atoms with van der Waals surface area (Å²) in [6, 6.07) is 1.83. The van der Waals surface area contributed by atoms with Crippen LogP contribution in [0.25, 0.3) is 0 Å². The predicted molar refractivity (Wildman–Crippen MR) is 95.6 cm³/mol. The smallest absolute Gasteiger partial charge is 0.272 e. The van der Waals surface area contributed by atoms with E-state index in [9.17, 15) is 9.59 Å². The Morgan fingerprint density at radius 1 is 0.880 bits per heavy atom. The third kappa shape index (κ3) is 4.27. The van der Waals surface area contributed by atoms with E-state index in [1.165, 1.54) is 25.7 Å². The number of nitrogens with zero attached hydrogens (tertiary/aromatic N) is 5. The van der Waals surface area contributed by atoms with Gasteiger partial charge in [-0.2, -0.15) is 0 Å². The van der Waals surface area contributed by atoms with Crippen LogP contribution in [0.1, 0.15) is 48.9 Å². The van der Waals surface area contributed by atoms with E-state index in [4.69, 9.17) is 0 Å². The molecule has 0 N–H and O–H groups in total. The van der Waals surface area contributed by atoms with E-state index in [0.717, 1.165) is 18.9 Å². The second-order valence-corrected chi connectivity index (χ2v) is 6.86. The van der Waals surface area contributed by atoms with Crippen LogP contribution in [0.3, 0.4) is 0 Å². The molecule has 7 heteroatoms. The fourth-order valence-corrected chi connectivity index (χ4v) is 3.51. The minimum Gasteiger partial charge on any atom is -0.356 e. The van der Waals surface area contributed by atoms with E-state index in [1.807, 2.05) is 13.0 Å². The minimum absolute atomic E-state index is 0.0634. The van der Waals surface area contributed by atoms with Crippen molar-refractivity contribution in [3.05, 3.63) is 17.6 Å². The molecule has 3 rings (SSSR count). The number of amides is 2. The molecule has 0 bridgehead atoms. The van der Waals surface area contributed by atoms with Gasteiger partial charge in [-0.1, -0.05) is 12.8 Å². The van der Waals surface area contributed by atoms with Gasteiger partial charge in [0.15, 0.2) is 0 Å². The molecule has 2 amide bonds. The van der Waals surface area contributed by atoms with Crippen molar-refractivity contribution in [3.8, 4) is 0 Å². The highest BCUT2D eigenvalue weighted by Crippen LogP contribution is 2.19. The van der Waals surface area contributed by atoms with Crippen molar-refractivity contribution >= 4 is 17.6 Å². The van der Waals surface area contributed by atoms with Gasteiger partial charge in [-0.3, -0.25) is 9.59 Å². The van der Waals surface area contributed by atoms with Gasteiger partial charge < -0.3 is 14.7 Å². The van der Waals surface area contributed by atoms with Gasteiger partial charge >= 0.3 is 0 Å². The van der Waals surface area contributed by atoms with Gasteiger partial charge in [0.25, 0.3) is 5.91 Å². The predicted octanol–water partition coefficient (Wildman–Crippen LogP) is 1.47. The van der Waals surface area contributed by atoms with Crippen LogP contribution in [0, 0.1) is 6.92 Å². The van der Waals surface area contributed by atoms with Crippen molar-refractivity contribution < 1.29 is 9.59 Å². The van der Waals surface area contributed by atoms with Crippen LogP contribution in [0.5, 0.6) is 0 Å². The Labute approximate surface area is 149 Å². The number of anilines is 1. The van der Waals surface area contributed by atoms with Crippen molar-refractivity contribution in [1.82, 2.24) is 19.8 Å². The number of carbonyl (C=O) groups excluding carboxylic acids is 2. The molecule has 2 aliphatic rings. The van der Waals surface area contributed by atoms with Crippen LogP contribution in [-0.4, -0.2) is 70.9 Å². The van der Waals surface area contributed by atoms with E-state index in [2.05, 4.69) is 14.9 Å². The van der Waals surface area contributed by atoms with E-state index in [1.54, 1.807) is 16.7 Å². The first-order valence-corrected chi connectivity index (χ1v) is 9.20. The van der Waals surface area contributed by atoms with E-state index < -0.39 is 0 Å². The molecule has 0 radical (unpaired) electrons. The summed E-state index contributed by atoms with van der Waals surface area (Å²) in [6.45, 7) is 7.67. The molecule has 1 aromatic rings. The molecule has 0 aliphatic carbocycles. The number of aryl methyl sites for hydroxylation is 1. The largest absolute Gasteiger partial charge is 0.356 e. The van der Waals surface area contributed by atoms with Gasteiger partial charge in [0.1, 0.15) is 17.3 Å². The number of rotatable bonds is 2. The van der Waals surface area contributed by atoms with Crippen molar-refractivity contribution in [3.63, 3.8) is 0 Å². The first-order valence-electron chi connectivity index (χ1n) is 9.20. The normalized spacial score (nSPS) is 18.9. The molecule has 136 valence electrons. The summed E-state index contributed by atoms with van der Waals surface area (Å²) in [5.74, 6) is 1.49. The highest BCUT2D eigenvalue weighted by Gasteiger charge is 2.25. The Morgan fingerprint density at radius 2 is 1.48 bits per heavy atom. The molecular weight excluding hydrogens is 318 g/mol. The molecule has 0 atom stereocenters. The zero-order valence-corrected chi connectivity index (χ0v) is 15.2. The molecule has 2 saturated heterocycles. The van der Waals surface area contributed by atoms with Crippen LogP contribution in [0.2, 0.25) is 0 Å². The van der Waals surface area contributed by atoms with Crippen molar-refractivity contribution in [1.29, 1.82) is 0 Å². The standard InChI is InChI=1S/C18H27N5O2/c1-14-19-16(13-17(20-14)22-7-5-3-4-6-8-22)18(25)23-11-9-21(10-12-23)15(2)24/h13H,3-12H2,1-2H3. The molecule has 3 heterocycles. The number of piperazine rings is 1. The molecule has 2 aliphatic heterocycles. The summed E-state index contributed by atoms with van der Waals surface area (Å²) in [6.07, 6.45) is 4.85. The van der Waals surface area contributed by atoms with Crippen molar-refractivity contribution in [2.24, 2.45) is 0 Å². The number of hydrogen-bond donors (Lipinski definition) is 0. The lowest BCUT2D eigenvalue weighted by molar-refractivity contribution is -0.130. The summed E-state index contributed by atoms with van der Waals surface area (Å²) < 4.78 is 0. The van der Waals surface area contributed by atoms with Crippen LogP contribution in [0.4, 0.5) is 5.82 Å². The Balaban J connectivity index is 1.73. The van der Waals surface area contributed by atoms with Crippen LogP contribution in [0.15, 0.2) is 6.07 Å². The minimum atomic E-state index is -0.0650. The topological polar surface area (TPSA) is 69.6 Å². The summed E-state index contributed by atoms with van der Waals surface area (Å²) in [4.78, 5) is 39.0. The molecule has 2 fully saturated rings. The second kappa shape index (κ2) is 7.80. The van der Waals surface area contributed by atoms with Gasteiger partial charge in [-0.05, 0) is 19.8 Å². The average molecular weight is 345 g/mol. The second-order valence-electron chi connectivity index (χ2n) is 6.86. The SMILES string of the molecule is CC(=O)N1CCN(C(=O)c2cc(N3CCCCCC3)nc(C)n2)CC1. The van der Waals surface area contributed by atoms with Gasteiger partial charge in [-0.15, -0.1) is 0 Å². The Kier molecular flexibility index (Phi) is 5.50. The third-order valence-electron chi connectivity index (χ3n) is 4.99. The van der Waals surface area contributed by atoms with Gasteiger partial charge in [-0.25, -0.2) is 9.97 Å². The number of aromatic nitrogens is 2. The lowest BCUT2D eigenvalue weighted by Gasteiger charge is -2.34. The molecular formula is C18H27N5O2. The highest BCUT2D eigenvalue weighted by atomic mass is 16.2. The monoisotopic (exact) mass is 345 g/mol. The maximum absolute atomic E-state index is 12.8. The molecule has 0 spiro atoms. The first kappa shape index (κ1) is 17.6. The van der Waals surface area contributed by atoms with E-state index in [-0.39, 0.29) is 11.8 Å². The highest BCUT2D eigenvalue weighted by molar-refractivity contribution is 5.93. The zero-order chi connectivity index (χ0) is 17.8. The zero-order valence-electron chi connectivity index (χ0n) is 15.2. The Morgan fingerprint density at radius 3 is 2.08 bits per heavy atom.